The van der Waals surface area contributed by atoms with E-state index in [1.165, 1.54) is 0 Å². The summed E-state index contributed by atoms with van der Waals surface area (Å²) in [5, 5.41) is 3.74. The van der Waals surface area contributed by atoms with E-state index in [4.69, 9.17) is 23.2 Å². The number of para-hydroxylation sites is 2. The fraction of sp³-hybridized carbons (Fsp3) is 0.318. The number of likely N-dealkylation sites (tertiary alicyclic amines) is 1. The van der Waals surface area contributed by atoms with E-state index in [1.807, 2.05) is 31.2 Å². The number of aromatic nitrogens is 2. The number of hydrogen-bond donors (Lipinski definition) is 1. The van der Waals surface area contributed by atoms with Crippen molar-refractivity contribution in [1.82, 2.24) is 19.8 Å². The van der Waals surface area contributed by atoms with E-state index >= 15 is 0 Å². The first-order chi connectivity index (χ1) is 14.5. The lowest BCUT2D eigenvalue weighted by Crippen LogP contribution is -2.46. The molecule has 4 rings (SSSR count). The zero-order chi connectivity index (χ0) is 21.3. The molecular formula is C22H22Cl2N4O2. The minimum Gasteiger partial charge on any atom is -0.353 e. The predicted octanol–water partition coefficient (Wildman–Crippen LogP) is 4.07. The van der Waals surface area contributed by atoms with Crippen molar-refractivity contribution in [3.63, 3.8) is 0 Å². The normalized spacial score (nSPS) is 16.2. The molecule has 0 spiro atoms. The predicted molar refractivity (Wildman–Crippen MR) is 118 cm³/mol. The molecule has 0 aliphatic carbocycles. The van der Waals surface area contributed by atoms with Crippen molar-refractivity contribution in [3.8, 4) is 0 Å². The van der Waals surface area contributed by atoms with E-state index in [-0.39, 0.29) is 11.8 Å². The lowest BCUT2D eigenvalue weighted by atomic mass is 10.1. The van der Waals surface area contributed by atoms with Crippen LogP contribution in [0, 0.1) is 6.92 Å². The molecule has 3 aromatic rings. The van der Waals surface area contributed by atoms with Crippen LogP contribution in [0.25, 0.3) is 11.0 Å². The second-order valence-electron chi connectivity index (χ2n) is 7.37. The second-order valence-corrected chi connectivity index (χ2v) is 8.21. The first-order valence-electron chi connectivity index (χ1n) is 9.91. The van der Waals surface area contributed by atoms with Gasteiger partial charge >= 0.3 is 0 Å². The van der Waals surface area contributed by atoms with E-state index in [9.17, 15) is 9.59 Å². The maximum absolute atomic E-state index is 13.0. The smallest absolute Gasteiger partial charge is 0.256 e. The molecule has 2 aromatic carbocycles. The number of carbonyl (C=O) groups excluding carboxylic acids is 2. The van der Waals surface area contributed by atoms with Crippen molar-refractivity contribution < 1.29 is 9.59 Å². The van der Waals surface area contributed by atoms with E-state index in [1.54, 1.807) is 23.1 Å². The molecule has 1 aliphatic rings. The highest BCUT2D eigenvalue weighted by Crippen LogP contribution is 2.26. The highest BCUT2D eigenvalue weighted by Gasteiger charge is 2.35. The van der Waals surface area contributed by atoms with Gasteiger partial charge in [-0.15, -0.1) is 0 Å². The van der Waals surface area contributed by atoms with Gasteiger partial charge in [-0.3, -0.25) is 9.59 Å². The molecule has 1 aromatic heterocycles. The van der Waals surface area contributed by atoms with Crippen LogP contribution in [-0.2, 0) is 11.3 Å². The van der Waals surface area contributed by atoms with Crippen molar-refractivity contribution in [2.75, 3.05) is 13.1 Å². The number of nitrogens with one attached hydrogen (secondary N) is 1. The first-order valence-corrected chi connectivity index (χ1v) is 10.7. The maximum Gasteiger partial charge on any atom is 0.256 e. The molecule has 6 nitrogen and oxygen atoms in total. The van der Waals surface area contributed by atoms with Gasteiger partial charge in [-0.25, -0.2) is 4.98 Å². The number of fused-ring (bicyclic) bond motifs is 1. The fourth-order valence-electron chi connectivity index (χ4n) is 3.99. The standard InChI is InChI=1S/C22H22Cl2N4O2/c1-14-26-18-5-2-3-6-19(18)27(14)12-10-25-21(29)20-7-4-11-28(20)22(30)16-13-15(23)8-9-17(16)24/h2-3,5-6,8-9,13,20H,4,7,10-12H2,1H3,(H,25,29). The summed E-state index contributed by atoms with van der Waals surface area (Å²) in [7, 11) is 0. The summed E-state index contributed by atoms with van der Waals surface area (Å²) in [4.78, 5) is 31.9. The molecule has 1 N–H and O–H groups in total. The van der Waals surface area contributed by atoms with Crippen LogP contribution in [0.3, 0.4) is 0 Å². The highest BCUT2D eigenvalue weighted by atomic mass is 35.5. The molecule has 0 radical (unpaired) electrons. The molecule has 1 fully saturated rings. The molecule has 1 unspecified atom stereocenters. The average molecular weight is 445 g/mol. The van der Waals surface area contributed by atoms with Crippen molar-refractivity contribution in [2.45, 2.75) is 32.4 Å². The van der Waals surface area contributed by atoms with Gasteiger partial charge in [0.05, 0.1) is 21.6 Å². The molecule has 0 saturated carbocycles. The Balaban J connectivity index is 1.42. The first kappa shape index (κ1) is 20.7. The van der Waals surface area contributed by atoms with Crippen LogP contribution in [-0.4, -0.2) is 45.4 Å². The van der Waals surface area contributed by atoms with Gasteiger partial charge in [0.1, 0.15) is 11.9 Å². The third-order valence-corrected chi connectivity index (χ3v) is 6.02. The summed E-state index contributed by atoms with van der Waals surface area (Å²) in [5.74, 6) is 0.483. The van der Waals surface area contributed by atoms with Crippen LogP contribution in [0.4, 0.5) is 0 Å². The Kier molecular flexibility index (Phi) is 5.97. The van der Waals surface area contributed by atoms with E-state index in [0.29, 0.717) is 41.7 Å². The Morgan fingerprint density at radius 1 is 1.20 bits per heavy atom. The highest BCUT2D eigenvalue weighted by molar-refractivity contribution is 6.35. The minimum atomic E-state index is -0.506. The number of rotatable bonds is 5. The number of halogens is 2. The molecule has 8 heteroatoms. The molecule has 1 aliphatic heterocycles. The second kappa shape index (κ2) is 8.66. The summed E-state index contributed by atoms with van der Waals surface area (Å²) in [5.41, 5.74) is 2.30. The Labute approximate surface area is 184 Å². The topological polar surface area (TPSA) is 67.2 Å². The Morgan fingerprint density at radius 2 is 2.00 bits per heavy atom. The number of amides is 2. The zero-order valence-corrected chi connectivity index (χ0v) is 18.1. The van der Waals surface area contributed by atoms with Gasteiger partial charge in [0.2, 0.25) is 5.91 Å². The molecular weight excluding hydrogens is 423 g/mol. The number of carbonyl (C=O) groups is 2. The van der Waals surface area contributed by atoms with Crippen molar-refractivity contribution >= 4 is 46.0 Å². The number of imidazole rings is 1. The summed E-state index contributed by atoms with van der Waals surface area (Å²) >= 11 is 12.2. The Bertz CT molecular complexity index is 1110. The lowest BCUT2D eigenvalue weighted by Gasteiger charge is -2.24. The zero-order valence-electron chi connectivity index (χ0n) is 16.6. The van der Waals surface area contributed by atoms with Crippen LogP contribution in [0.15, 0.2) is 42.5 Å². The Hall–Kier alpha value is -2.57. The molecule has 2 heterocycles. The largest absolute Gasteiger partial charge is 0.353 e. The van der Waals surface area contributed by atoms with Gasteiger partial charge in [-0.05, 0) is 50.1 Å². The number of nitrogens with zero attached hydrogens (tertiary/aromatic N) is 3. The molecule has 0 bridgehead atoms. The van der Waals surface area contributed by atoms with E-state index in [0.717, 1.165) is 23.3 Å². The van der Waals surface area contributed by atoms with Gasteiger partial charge in [-0.2, -0.15) is 0 Å². The molecule has 30 heavy (non-hydrogen) atoms. The van der Waals surface area contributed by atoms with Gasteiger partial charge < -0.3 is 14.8 Å². The number of hydrogen-bond acceptors (Lipinski definition) is 3. The number of aryl methyl sites for hydroxylation is 1. The van der Waals surface area contributed by atoms with Crippen LogP contribution in [0.1, 0.15) is 29.0 Å². The summed E-state index contributed by atoms with van der Waals surface area (Å²) in [6, 6.07) is 12.2. The van der Waals surface area contributed by atoms with Crippen LogP contribution < -0.4 is 5.32 Å². The average Bonchev–Trinajstić information content (AvgIpc) is 3.34. The van der Waals surface area contributed by atoms with Crippen molar-refractivity contribution in [3.05, 3.63) is 63.9 Å². The summed E-state index contributed by atoms with van der Waals surface area (Å²) in [6.45, 7) is 3.54. The van der Waals surface area contributed by atoms with Gasteiger partial charge in [0.15, 0.2) is 0 Å². The molecule has 2 amide bonds. The maximum atomic E-state index is 13.0. The molecule has 1 atom stereocenters. The third kappa shape index (κ3) is 4.02. The fourth-order valence-corrected chi connectivity index (χ4v) is 4.36. The van der Waals surface area contributed by atoms with Crippen LogP contribution in [0.2, 0.25) is 10.0 Å². The lowest BCUT2D eigenvalue weighted by molar-refractivity contribution is -0.124. The van der Waals surface area contributed by atoms with Gasteiger partial charge in [0, 0.05) is 24.7 Å². The molecule has 156 valence electrons. The summed E-state index contributed by atoms with van der Waals surface area (Å²) in [6.07, 6.45) is 1.40. The molecule has 1 saturated heterocycles. The summed E-state index contributed by atoms with van der Waals surface area (Å²) < 4.78 is 2.08. The monoisotopic (exact) mass is 444 g/mol. The van der Waals surface area contributed by atoms with Crippen LogP contribution >= 0.6 is 23.2 Å². The van der Waals surface area contributed by atoms with Gasteiger partial charge in [-0.1, -0.05) is 35.3 Å². The quantitative estimate of drug-likeness (QED) is 0.644. The number of benzene rings is 2. The van der Waals surface area contributed by atoms with E-state index < -0.39 is 6.04 Å². The van der Waals surface area contributed by atoms with Crippen molar-refractivity contribution in [2.24, 2.45) is 0 Å². The SMILES string of the molecule is Cc1nc2ccccc2n1CCNC(=O)C1CCCN1C(=O)c1cc(Cl)ccc1Cl. The third-order valence-electron chi connectivity index (χ3n) is 5.46. The minimum absolute atomic E-state index is 0.152. The van der Waals surface area contributed by atoms with Gasteiger partial charge in [0.25, 0.3) is 5.91 Å². The Morgan fingerprint density at radius 3 is 2.83 bits per heavy atom. The van der Waals surface area contributed by atoms with Crippen molar-refractivity contribution in [1.29, 1.82) is 0 Å². The van der Waals surface area contributed by atoms with E-state index in [2.05, 4.69) is 14.9 Å². The van der Waals surface area contributed by atoms with Crippen LogP contribution in [0.5, 0.6) is 0 Å².